The molecule has 0 radical (unpaired) electrons. The minimum absolute atomic E-state index is 0.0755. The molecule has 0 aliphatic carbocycles. The average Bonchev–Trinajstić information content (AvgIpc) is 3.24. The number of carbonyl (C=O) groups is 2. The van der Waals surface area contributed by atoms with Crippen LogP contribution < -0.4 is 5.32 Å². The molecule has 0 aromatic carbocycles. The maximum atomic E-state index is 13.2. The number of carbonyl (C=O) groups excluding carboxylic acids is 2. The monoisotopic (exact) mass is 844 g/mol. The molecule has 1 amide bonds. The molecular weight excluding hydrogens is 743 g/mol. The summed E-state index contributed by atoms with van der Waals surface area (Å²) >= 11 is 0. The average molecular weight is 844 g/mol. The number of rotatable bonds is 47. The Labute approximate surface area is 373 Å². The zero-order valence-electron chi connectivity index (χ0n) is 40.1. The molecule has 3 N–H and O–H groups in total. The Kier molecular flexibility index (Phi) is 46.6. The zero-order chi connectivity index (χ0) is 43.8. The van der Waals surface area contributed by atoms with Crippen molar-refractivity contribution >= 4 is 11.9 Å². The second-order valence-electron chi connectivity index (χ2n) is 17.9. The van der Waals surface area contributed by atoms with E-state index in [-0.39, 0.29) is 24.9 Å². The van der Waals surface area contributed by atoms with Gasteiger partial charge in [0.05, 0.1) is 25.2 Å². The first-order chi connectivity index (χ1) is 29.5. The second kappa shape index (κ2) is 48.1. The standard InChI is InChI=1S/C54H101NO5/c1-4-7-10-13-16-19-21-23-25-27-29-31-34-37-40-43-46-52(57)51(49-56)55-53(58)48-50(45-42-39-36-33-18-15-12-9-6-3)60-54(59)47-44-41-38-35-32-30-28-26-24-22-20-17-14-11-8-5-2/h8,11,17,20,24,26,50-52,56-57H,4-7,9-10,12-16,18-19,21-23,25,27-49H2,1-3H3,(H,55,58)/b11-8+,20-17+,26-24+. The van der Waals surface area contributed by atoms with E-state index in [2.05, 4.69) is 62.5 Å². The summed E-state index contributed by atoms with van der Waals surface area (Å²) < 4.78 is 5.92. The van der Waals surface area contributed by atoms with Crippen molar-refractivity contribution in [3.05, 3.63) is 36.5 Å². The maximum absolute atomic E-state index is 13.2. The van der Waals surface area contributed by atoms with Gasteiger partial charge >= 0.3 is 5.97 Å². The highest BCUT2D eigenvalue weighted by Crippen LogP contribution is 2.18. The van der Waals surface area contributed by atoms with Crippen LogP contribution in [0.1, 0.15) is 271 Å². The molecule has 6 heteroatoms. The lowest BCUT2D eigenvalue weighted by molar-refractivity contribution is -0.151. The third-order valence-corrected chi connectivity index (χ3v) is 12.0. The van der Waals surface area contributed by atoms with Crippen LogP contribution in [0.4, 0.5) is 0 Å². The van der Waals surface area contributed by atoms with Crippen molar-refractivity contribution in [2.45, 2.75) is 289 Å². The van der Waals surface area contributed by atoms with Gasteiger partial charge in [-0.05, 0) is 57.8 Å². The van der Waals surface area contributed by atoms with Crippen LogP contribution in [0.5, 0.6) is 0 Å². The van der Waals surface area contributed by atoms with Crippen LogP contribution in [-0.2, 0) is 14.3 Å². The molecule has 352 valence electrons. The number of nitrogens with one attached hydrogen (secondary N) is 1. The first-order valence-corrected chi connectivity index (χ1v) is 26.2. The van der Waals surface area contributed by atoms with Gasteiger partial charge in [0.1, 0.15) is 6.10 Å². The summed E-state index contributed by atoms with van der Waals surface area (Å²) in [5.74, 6) is -0.480. The topological polar surface area (TPSA) is 95.9 Å². The number of ether oxygens (including phenoxy) is 1. The molecule has 0 aromatic heterocycles. The molecule has 0 aliphatic heterocycles. The van der Waals surface area contributed by atoms with Crippen LogP contribution in [0, 0.1) is 0 Å². The van der Waals surface area contributed by atoms with E-state index in [0.717, 1.165) is 70.6 Å². The number of amides is 1. The van der Waals surface area contributed by atoms with Crippen molar-refractivity contribution in [1.29, 1.82) is 0 Å². The van der Waals surface area contributed by atoms with Gasteiger partial charge in [-0.2, -0.15) is 0 Å². The normalized spacial score (nSPS) is 13.5. The summed E-state index contributed by atoms with van der Waals surface area (Å²) in [5, 5.41) is 23.8. The molecule has 3 unspecified atom stereocenters. The van der Waals surface area contributed by atoms with Gasteiger partial charge in [-0.3, -0.25) is 9.59 Å². The summed E-state index contributed by atoms with van der Waals surface area (Å²) in [6.45, 7) is 6.37. The van der Waals surface area contributed by atoms with E-state index in [1.165, 1.54) is 154 Å². The highest BCUT2D eigenvalue weighted by Gasteiger charge is 2.24. The lowest BCUT2D eigenvalue weighted by Crippen LogP contribution is -2.46. The molecule has 0 saturated carbocycles. The molecule has 0 aromatic rings. The van der Waals surface area contributed by atoms with E-state index < -0.39 is 18.2 Å². The van der Waals surface area contributed by atoms with Crippen LogP contribution in [-0.4, -0.2) is 46.9 Å². The van der Waals surface area contributed by atoms with E-state index in [1.807, 2.05) is 0 Å². The Hall–Kier alpha value is -1.92. The Morgan fingerprint density at radius 3 is 1.37 bits per heavy atom. The molecule has 0 bridgehead atoms. The third kappa shape index (κ3) is 42.8. The van der Waals surface area contributed by atoms with Crippen molar-refractivity contribution in [2.75, 3.05) is 6.61 Å². The molecule has 60 heavy (non-hydrogen) atoms. The van der Waals surface area contributed by atoms with Gasteiger partial charge in [-0.25, -0.2) is 0 Å². The summed E-state index contributed by atoms with van der Waals surface area (Å²) in [5.41, 5.74) is 0. The fourth-order valence-electron chi connectivity index (χ4n) is 8.03. The van der Waals surface area contributed by atoms with Crippen LogP contribution in [0.3, 0.4) is 0 Å². The van der Waals surface area contributed by atoms with E-state index in [1.54, 1.807) is 0 Å². The molecule has 0 fully saturated rings. The lowest BCUT2D eigenvalue weighted by atomic mass is 10.0. The maximum Gasteiger partial charge on any atom is 0.306 e. The van der Waals surface area contributed by atoms with E-state index >= 15 is 0 Å². The second-order valence-corrected chi connectivity index (χ2v) is 17.9. The Morgan fingerprint density at radius 1 is 0.500 bits per heavy atom. The quantitative estimate of drug-likeness (QED) is 0.0322. The van der Waals surface area contributed by atoms with Crippen molar-refractivity contribution in [1.82, 2.24) is 5.32 Å². The first-order valence-electron chi connectivity index (χ1n) is 26.2. The number of unbranched alkanes of at least 4 members (excludes halogenated alkanes) is 29. The number of esters is 1. The molecule has 0 spiro atoms. The Bertz CT molecular complexity index is 993. The Balaban J connectivity index is 4.43. The van der Waals surface area contributed by atoms with Crippen molar-refractivity contribution in [2.24, 2.45) is 0 Å². The number of allylic oxidation sites excluding steroid dienone is 6. The van der Waals surface area contributed by atoms with Crippen molar-refractivity contribution < 1.29 is 24.5 Å². The van der Waals surface area contributed by atoms with Crippen molar-refractivity contribution in [3.8, 4) is 0 Å². The van der Waals surface area contributed by atoms with Gasteiger partial charge in [0.2, 0.25) is 5.91 Å². The van der Waals surface area contributed by atoms with Gasteiger partial charge in [-0.1, -0.05) is 237 Å². The van der Waals surface area contributed by atoms with E-state index in [0.29, 0.717) is 19.3 Å². The summed E-state index contributed by atoms with van der Waals surface area (Å²) in [4.78, 5) is 26.1. The molecule has 0 aliphatic rings. The van der Waals surface area contributed by atoms with Gasteiger partial charge < -0.3 is 20.3 Å². The number of hydrogen-bond donors (Lipinski definition) is 3. The van der Waals surface area contributed by atoms with Gasteiger partial charge in [0.15, 0.2) is 0 Å². The lowest BCUT2D eigenvalue weighted by Gasteiger charge is -2.24. The SMILES string of the molecule is CC/C=C/C/C=C/C/C=C/CCCCCCCCC(=O)OC(CCCCCCCCCCC)CC(=O)NC(CO)C(O)CCCCCCCCCCCCCCCCCC. The van der Waals surface area contributed by atoms with Gasteiger partial charge in [-0.15, -0.1) is 0 Å². The van der Waals surface area contributed by atoms with Gasteiger partial charge in [0.25, 0.3) is 0 Å². The molecule has 0 rings (SSSR count). The molecule has 3 atom stereocenters. The third-order valence-electron chi connectivity index (χ3n) is 12.0. The first kappa shape index (κ1) is 58.1. The summed E-state index contributed by atoms with van der Waals surface area (Å²) in [6, 6.07) is -0.700. The zero-order valence-corrected chi connectivity index (χ0v) is 40.1. The highest BCUT2D eigenvalue weighted by atomic mass is 16.5. The number of hydrogen-bond acceptors (Lipinski definition) is 5. The predicted octanol–water partition coefficient (Wildman–Crippen LogP) is 15.7. The van der Waals surface area contributed by atoms with Gasteiger partial charge in [0, 0.05) is 6.42 Å². The molecule has 0 heterocycles. The largest absolute Gasteiger partial charge is 0.462 e. The molecule has 6 nitrogen and oxygen atoms in total. The smallest absolute Gasteiger partial charge is 0.306 e. The Morgan fingerprint density at radius 2 is 0.900 bits per heavy atom. The van der Waals surface area contributed by atoms with Crippen LogP contribution in [0.15, 0.2) is 36.5 Å². The minimum Gasteiger partial charge on any atom is -0.462 e. The minimum atomic E-state index is -0.786. The van der Waals surface area contributed by atoms with E-state index in [4.69, 9.17) is 4.74 Å². The number of aliphatic hydroxyl groups is 2. The van der Waals surface area contributed by atoms with Crippen LogP contribution in [0.25, 0.3) is 0 Å². The highest BCUT2D eigenvalue weighted by molar-refractivity contribution is 5.77. The fourth-order valence-corrected chi connectivity index (χ4v) is 8.03. The number of aliphatic hydroxyl groups excluding tert-OH is 2. The predicted molar refractivity (Wildman–Crippen MR) is 259 cm³/mol. The molecule has 0 saturated heterocycles. The summed E-state index contributed by atoms with van der Waals surface area (Å²) in [7, 11) is 0. The molecular formula is C54H101NO5. The van der Waals surface area contributed by atoms with E-state index in [9.17, 15) is 19.8 Å². The van der Waals surface area contributed by atoms with Crippen molar-refractivity contribution in [3.63, 3.8) is 0 Å². The summed E-state index contributed by atoms with van der Waals surface area (Å²) in [6.07, 6.45) is 56.4. The van der Waals surface area contributed by atoms with Crippen LogP contribution >= 0.6 is 0 Å². The fraction of sp³-hybridized carbons (Fsp3) is 0.852. The van der Waals surface area contributed by atoms with Crippen LogP contribution in [0.2, 0.25) is 0 Å².